The van der Waals surface area contributed by atoms with Crippen LogP contribution in [-0.4, -0.2) is 17.9 Å². The first-order valence-corrected chi connectivity index (χ1v) is 8.79. The molecular formula is C16H31BrO2. The van der Waals surface area contributed by atoms with Gasteiger partial charge in [-0.2, -0.15) is 0 Å². The number of alkyl halides is 1. The fourth-order valence-electron chi connectivity index (χ4n) is 1.79. The average molecular weight is 335 g/mol. The third kappa shape index (κ3) is 15.9. The molecule has 0 spiro atoms. The maximum atomic E-state index is 11.5. The van der Waals surface area contributed by atoms with Gasteiger partial charge >= 0.3 is 5.97 Å². The zero-order valence-electron chi connectivity index (χ0n) is 13.0. The van der Waals surface area contributed by atoms with Crippen LogP contribution in [0, 0.1) is 5.41 Å². The molecule has 114 valence electrons. The predicted octanol–water partition coefficient (Wildman–Crippen LogP) is 5.48. The molecule has 0 fully saturated rings. The summed E-state index contributed by atoms with van der Waals surface area (Å²) in [7, 11) is 0. The minimum absolute atomic E-state index is 0.0350. The van der Waals surface area contributed by atoms with Crippen molar-refractivity contribution in [3.8, 4) is 0 Å². The topological polar surface area (TPSA) is 26.3 Å². The lowest BCUT2D eigenvalue weighted by molar-refractivity contribution is -0.146. The fraction of sp³-hybridized carbons (Fsp3) is 0.938. The minimum Gasteiger partial charge on any atom is -0.465 e. The van der Waals surface area contributed by atoms with E-state index in [0.29, 0.717) is 13.0 Å². The van der Waals surface area contributed by atoms with Crippen molar-refractivity contribution >= 4 is 21.9 Å². The SMILES string of the molecule is CC(C)(C)COC(=O)CCCCCCCCCCBr. The summed E-state index contributed by atoms with van der Waals surface area (Å²) in [5.74, 6) is -0.0350. The average Bonchev–Trinajstić information content (AvgIpc) is 2.33. The largest absolute Gasteiger partial charge is 0.465 e. The van der Waals surface area contributed by atoms with Gasteiger partial charge in [-0.15, -0.1) is 0 Å². The van der Waals surface area contributed by atoms with Crippen molar-refractivity contribution in [2.75, 3.05) is 11.9 Å². The highest BCUT2D eigenvalue weighted by atomic mass is 79.9. The summed E-state index contributed by atoms with van der Waals surface area (Å²) in [5.41, 5.74) is 0.0742. The van der Waals surface area contributed by atoms with Crippen LogP contribution >= 0.6 is 15.9 Å². The predicted molar refractivity (Wildman–Crippen MR) is 85.8 cm³/mol. The Kier molecular flexibility index (Phi) is 11.7. The summed E-state index contributed by atoms with van der Waals surface area (Å²) < 4.78 is 5.24. The summed E-state index contributed by atoms with van der Waals surface area (Å²) in [6.07, 6.45) is 10.6. The van der Waals surface area contributed by atoms with Crippen LogP contribution in [0.5, 0.6) is 0 Å². The van der Waals surface area contributed by atoms with Crippen LogP contribution in [0.3, 0.4) is 0 Å². The Balaban J connectivity index is 3.23. The molecule has 19 heavy (non-hydrogen) atoms. The van der Waals surface area contributed by atoms with E-state index in [0.717, 1.165) is 18.2 Å². The van der Waals surface area contributed by atoms with Gasteiger partial charge in [0, 0.05) is 11.8 Å². The second-order valence-corrected chi connectivity index (χ2v) is 7.28. The van der Waals surface area contributed by atoms with E-state index in [9.17, 15) is 4.79 Å². The molecule has 0 rings (SSSR count). The number of unbranched alkanes of at least 4 members (excludes halogenated alkanes) is 7. The molecule has 0 saturated carbocycles. The highest BCUT2D eigenvalue weighted by Crippen LogP contribution is 2.14. The zero-order chi connectivity index (χ0) is 14.6. The molecule has 0 amide bonds. The van der Waals surface area contributed by atoms with E-state index in [-0.39, 0.29) is 11.4 Å². The Hall–Kier alpha value is -0.0500. The van der Waals surface area contributed by atoms with E-state index in [1.807, 2.05) is 0 Å². The number of esters is 1. The van der Waals surface area contributed by atoms with E-state index in [1.165, 1.54) is 38.5 Å². The van der Waals surface area contributed by atoms with Crippen molar-refractivity contribution in [2.45, 2.75) is 78.6 Å². The summed E-state index contributed by atoms with van der Waals surface area (Å²) in [5, 5.41) is 1.13. The highest BCUT2D eigenvalue weighted by molar-refractivity contribution is 9.09. The van der Waals surface area contributed by atoms with E-state index in [1.54, 1.807) is 0 Å². The molecule has 0 N–H and O–H groups in total. The van der Waals surface area contributed by atoms with E-state index < -0.39 is 0 Å². The van der Waals surface area contributed by atoms with Crippen LogP contribution in [0.1, 0.15) is 78.6 Å². The Morgan fingerprint density at radius 2 is 1.37 bits per heavy atom. The van der Waals surface area contributed by atoms with Crippen molar-refractivity contribution in [2.24, 2.45) is 5.41 Å². The second-order valence-electron chi connectivity index (χ2n) is 6.49. The summed E-state index contributed by atoms with van der Waals surface area (Å²) in [4.78, 5) is 11.5. The second kappa shape index (κ2) is 11.7. The molecule has 2 nitrogen and oxygen atoms in total. The molecule has 0 bridgehead atoms. The number of halogens is 1. The lowest BCUT2D eigenvalue weighted by atomic mass is 9.99. The Morgan fingerprint density at radius 3 is 1.84 bits per heavy atom. The molecule has 0 aromatic heterocycles. The number of carbonyl (C=O) groups excluding carboxylic acids is 1. The monoisotopic (exact) mass is 334 g/mol. The van der Waals surface area contributed by atoms with Gasteiger partial charge in [-0.05, 0) is 18.3 Å². The molecule has 0 radical (unpaired) electrons. The standard InChI is InChI=1S/C16H31BrO2/c1-16(2,3)14-19-15(18)12-10-8-6-4-5-7-9-11-13-17/h4-14H2,1-3H3. The molecule has 0 aliphatic rings. The van der Waals surface area contributed by atoms with Crippen LogP contribution < -0.4 is 0 Å². The van der Waals surface area contributed by atoms with Crippen LogP contribution in [0.4, 0.5) is 0 Å². The first-order chi connectivity index (χ1) is 8.95. The number of carbonyl (C=O) groups is 1. The summed E-state index contributed by atoms with van der Waals surface area (Å²) >= 11 is 3.45. The summed E-state index contributed by atoms with van der Waals surface area (Å²) in [6.45, 7) is 6.76. The minimum atomic E-state index is -0.0350. The Bertz CT molecular complexity index is 221. The third-order valence-corrected chi connectivity index (χ3v) is 3.49. The molecule has 0 saturated heterocycles. The van der Waals surface area contributed by atoms with E-state index in [4.69, 9.17) is 4.74 Å². The molecule has 0 aliphatic heterocycles. The zero-order valence-corrected chi connectivity index (χ0v) is 14.6. The van der Waals surface area contributed by atoms with Crippen LogP contribution in [0.25, 0.3) is 0 Å². The van der Waals surface area contributed by atoms with Gasteiger partial charge in [0.2, 0.25) is 0 Å². The molecule has 0 aromatic carbocycles. The first-order valence-electron chi connectivity index (χ1n) is 7.67. The van der Waals surface area contributed by atoms with Crippen molar-refractivity contribution in [1.29, 1.82) is 0 Å². The number of hydrogen-bond donors (Lipinski definition) is 0. The molecular weight excluding hydrogens is 304 g/mol. The van der Waals surface area contributed by atoms with Crippen LogP contribution in [0.15, 0.2) is 0 Å². The van der Waals surface area contributed by atoms with Gasteiger partial charge in [0.1, 0.15) is 0 Å². The Morgan fingerprint density at radius 1 is 0.895 bits per heavy atom. The smallest absolute Gasteiger partial charge is 0.305 e. The molecule has 0 atom stereocenters. The summed E-state index contributed by atoms with van der Waals surface area (Å²) in [6, 6.07) is 0. The van der Waals surface area contributed by atoms with Gasteiger partial charge in [0.15, 0.2) is 0 Å². The van der Waals surface area contributed by atoms with Gasteiger partial charge in [0.05, 0.1) is 6.61 Å². The quantitative estimate of drug-likeness (QED) is 0.284. The fourth-order valence-corrected chi connectivity index (χ4v) is 2.19. The van der Waals surface area contributed by atoms with Gasteiger partial charge in [-0.25, -0.2) is 0 Å². The third-order valence-electron chi connectivity index (χ3n) is 2.93. The maximum absolute atomic E-state index is 11.5. The number of ether oxygens (including phenoxy) is 1. The molecule has 3 heteroatoms. The van der Waals surface area contributed by atoms with Crippen molar-refractivity contribution in [3.63, 3.8) is 0 Å². The van der Waals surface area contributed by atoms with Crippen molar-refractivity contribution in [3.05, 3.63) is 0 Å². The van der Waals surface area contributed by atoms with Crippen LogP contribution in [-0.2, 0) is 9.53 Å². The lowest BCUT2D eigenvalue weighted by Gasteiger charge is -2.17. The lowest BCUT2D eigenvalue weighted by Crippen LogP contribution is -2.18. The van der Waals surface area contributed by atoms with Crippen molar-refractivity contribution in [1.82, 2.24) is 0 Å². The van der Waals surface area contributed by atoms with E-state index in [2.05, 4.69) is 36.7 Å². The normalized spacial score (nSPS) is 11.6. The highest BCUT2D eigenvalue weighted by Gasteiger charge is 2.13. The van der Waals surface area contributed by atoms with Gasteiger partial charge in [-0.3, -0.25) is 4.79 Å². The number of hydrogen-bond acceptors (Lipinski definition) is 2. The molecule has 0 unspecified atom stereocenters. The van der Waals surface area contributed by atoms with Crippen molar-refractivity contribution < 1.29 is 9.53 Å². The first kappa shape index (κ1) is 18.9. The van der Waals surface area contributed by atoms with E-state index >= 15 is 0 Å². The van der Waals surface area contributed by atoms with Crippen LogP contribution in [0.2, 0.25) is 0 Å². The number of rotatable bonds is 11. The molecule has 0 heterocycles. The molecule has 0 aromatic rings. The maximum Gasteiger partial charge on any atom is 0.305 e. The van der Waals surface area contributed by atoms with Gasteiger partial charge in [-0.1, -0.05) is 75.2 Å². The Labute approximate surface area is 127 Å². The molecule has 0 aliphatic carbocycles. The van der Waals surface area contributed by atoms with Gasteiger partial charge < -0.3 is 4.74 Å². The van der Waals surface area contributed by atoms with Gasteiger partial charge in [0.25, 0.3) is 0 Å².